The number of benzene rings is 2. The summed E-state index contributed by atoms with van der Waals surface area (Å²) in [6.07, 6.45) is 1.53. The number of nitrogens with zero attached hydrogens (tertiary/aromatic N) is 4. The third-order valence-electron chi connectivity index (χ3n) is 4.92. The van der Waals surface area contributed by atoms with Gasteiger partial charge in [-0.3, -0.25) is 14.3 Å². The number of aryl methyl sites for hydroxylation is 1. The molecule has 0 spiro atoms. The second-order valence-electron chi connectivity index (χ2n) is 7.30. The number of nitrogens with two attached hydrogens (primary N) is 2. The van der Waals surface area contributed by atoms with Gasteiger partial charge in [-0.1, -0.05) is 0 Å². The number of carbonyl (C=O) groups excluding carboxylic acids is 2. The molecular formula is C22H20FN7O3. The van der Waals surface area contributed by atoms with Crippen LogP contribution in [-0.2, 0) is 11.8 Å². The second kappa shape index (κ2) is 8.54. The summed E-state index contributed by atoms with van der Waals surface area (Å²) in [6.45, 7) is 1.56. The summed E-state index contributed by atoms with van der Waals surface area (Å²) < 4.78 is 21.4. The minimum atomic E-state index is -0.745. The lowest BCUT2D eigenvalue weighted by molar-refractivity contribution is -0.118. The molecule has 0 aliphatic rings. The van der Waals surface area contributed by atoms with Gasteiger partial charge in [0.15, 0.2) is 5.82 Å². The van der Waals surface area contributed by atoms with Crippen LogP contribution in [0.25, 0.3) is 22.3 Å². The van der Waals surface area contributed by atoms with E-state index in [4.69, 9.17) is 16.2 Å². The molecule has 0 aliphatic carbocycles. The number of primary amides is 2. The number of fused-ring (bicyclic) bond motifs is 1. The lowest BCUT2D eigenvalue weighted by Gasteiger charge is -2.13. The molecule has 2 heterocycles. The van der Waals surface area contributed by atoms with E-state index in [0.717, 1.165) is 0 Å². The predicted octanol–water partition coefficient (Wildman–Crippen LogP) is 2.35. The molecule has 0 aliphatic heterocycles. The van der Waals surface area contributed by atoms with Gasteiger partial charge in [0.25, 0.3) is 5.91 Å². The van der Waals surface area contributed by atoms with Crippen LogP contribution >= 0.6 is 0 Å². The first-order valence-corrected chi connectivity index (χ1v) is 9.86. The molecule has 2 amide bonds. The smallest absolute Gasteiger partial charge is 0.267 e. The molecule has 5 N–H and O–H groups in total. The normalized spacial score (nSPS) is 11.8. The van der Waals surface area contributed by atoms with Crippen LogP contribution in [0.4, 0.5) is 10.2 Å². The Morgan fingerprint density at radius 1 is 1.12 bits per heavy atom. The van der Waals surface area contributed by atoms with E-state index in [1.54, 1.807) is 38.2 Å². The van der Waals surface area contributed by atoms with Crippen molar-refractivity contribution in [1.82, 2.24) is 19.7 Å². The first-order chi connectivity index (χ1) is 15.7. The van der Waals surface area contributed by atoms with E-state index >= 15 is 0 Å². The Kier molecular flexibility index (Phi) is 5.61. The molecule has 33 heavy (non-hydrogen) atoms. The molecule has 10 nitrogen and oxygen atoms in total. The number of halogens is 1. The highest BCUT2D eigenvalue weighted by Crippen LogP contribution is 2.32. The Hall–Kier alpha value is -4.54. The zero-order valence-corrected chi connectivity index (χ0v) is 17.7. The standard InChI is InChI=1S/C22H20FN7O3/c1-11(20(24)31)27-18-9-16(21(25)32)28-22(29-18)12-3-5-13(6-4-12)33-17-8-7-15(23)19-14(17)10-26-30(19)2/h3-11H,1-2H3,(H2,24,31)(H2,25,32)(H,27,28,29)/t11-/m0/s1. The SMILES string of the molecule is C[C@H](Nc1cc(C(N)=O)nc(-c2ccc(Oc3ccc(F)c4c3cnn4C)cc2)n1)C(N)=O. The Bertz CT molecular complexity index is 1370. The Balaban J connectivity index is 1.63. The number of carbonyl (C=O) groups is 2. The maximum absolute atomic E-state index is 14.1. The van der Waals surface area contributed by atoms with Gasteiger partial charge in [-0.2, -0.15) is 5.10 Å². The fraction of sp³-hybridized carbons (Fsp3) is 0.136. The quantitative estimate of drug-likeness (QED) is 0.392. The largest absolute Gasteiger partial charge is 0.457 e. The number of rotatable bonds is 7. The molecule has 0 radical (unpaired) electrons. The molecule has 11 heteroatoms. The summed E-state index contributed by atoms with van der Waals surface area (Å²) in [5, 5.41) is 7.44. The number of hydrogen-bond donors (Lipinski definition) is 3. The average Bonchev–Trinajstić information content (AvgIpc) is 3.18. The van der Waals surface area contributed by atoms with Crippen LogP contribution in [0.5, 0.6) is 11.5 Å². The Labute approximate surface area is 187 Å². The van der Waals surface area contributed by atoms with Gasteiger partial charge in [-0.15, -0.1) is 0 Å². The molecule has 4 aromatic rings. The van der Waals surface area contributed by atoms with Crippen LogP contribution in [0.1, 0.15) is 17.4 Å². The van der Waals surface area contributed by atoms with Crippen LogP contribution in [0, 0.1) is 5.82 Å². The van der Waals surface area contributed by atoms with Gasteiger partial charge in [0, 0.05) is 18.7 Å². The molecule has 0 unspecified atom stereocenters. The number of nitrogens with one attached hydrogen (secondary N) is 1. The first kappa shape index (κ1) is 21.7. The molecule has 2 aromatic heterocycles. The summed E-state index contributed by atoms with van der Waals surface area (Å²) in [5.74, 6) is -0.340. The summed E-state index contributed by atoms with van der Waals surface area (Å²) in [6, 6.07) is 10.2. The maximum Gasteiger partial charge on any atom is 0.267 e. The van der Waals surface area contributed by atoms with E-state index in [2.05, 4.69) is 20.4 Å². The van der Waals surface area contributed by atoms with E-state index in [-0.39, 0.29) is 17.3 Å². The predicted molar refractivity (Wildman–Crippen MR) is 119 cm³/mol. The number of aromatic nitrogens is 4. The second-order valence-corrected chi connectivity index (χ2v) is 7.30. The van der Waals surface area contributed by atoms with E-state index in [1.807, 2.05) is 0 Å². The van der Waals surface area contributed by atoms with Gasteiger partial charge in [0.05, 0.1) is 11.6 Å². The highest BCUT2D eigenvalue weighted by atomic mass is 19.1. The molecule has 1 atom stereocenters. The van der Waals surface area contributed by atoms with Crippen molar-refractivity contribution in [3.63, 3.8) is 0 Å². The van der Waals surface area contributed by atoms with Crippen molar-refractivity contribution in [2.24, 2.45) is 18.5 Å². The number of amides is 2. The van der Waals surface area contributed by atoms with Gasteiger partial charge in [0.1, 0.15) is 40.4 Å². The van der Waals surface area contributed by atoms with Gasteiger partial charge < -0.3 is 21.5 Å². The minimum absolute atomic E-state index is 0.0234. The lowest BCUT2D eigenvalue weighted by atomic mass is 10.2. The van der Waals surface area contributed by atoms with Crippen molar-refractivity contribution in [3.8, 4) is 22.9 Å². The Morgan fingerprint density at radius 3 is 2.52 bits per heavy atom. The first-order valence-electron chi connectivity index (χ1n) is 9.86. The van der Waals surface area contributed by atoms with Crippen molar-refractivity contribution in [3.05, 3.63) is 60.2 Å². The van der Waals surface area contributed by atoms with E-state index in [1.165, 1.54) is 29.1 Å². The Morgan fingerprint density at radius 2 is 1.85 bits per heavy atom. The van der Waals surface area contributed by atoms with Crippen molar-refractivity contribution < 1.29 is 18.7 Å². The zero-order chi connectivity index (χ0) is 23.7. The molecule has 168 valence electrons. The van der Waals surface area contributed by atoms with Gasteiger partial charge >= 0.3 is 0 Å². The molecular weight excluding hydrogens is 429 g/mol. The molecule has 0 saturated heterocycles. The third kappa shape index (κ3) is 4.42. The number of anilines is 1. The van der Waals surface area contributed by atoms with Gasteiger partial charge in [-0.25, -0.2) is 14.4 Å². The molecule has 0 bridgehead atoms. The lowest BCUT2D eigenvalue weighted by Crippen LogP contribution is -2.33. The molecule has 4 rings (SSSR count). The highest BCUT2D eigenvalue weighted by Gasteiger charge is 2.15. The van der Waals surface area contributed by atoms with Gasteiger partial charge in [-0.05, 0) is 43.3 Å². The van der Waals surface area contributed by atoms with Crippen LogP contribution in [0.3, 0.4) is 0 Å². The van der Waals surface area contributed by atoms with Crippen LogP contribution < -0.4 is 21.5 Å². The average molecular weight is 449 g/mol. The van der Waals surface area contributed by atoms with Crippen LogP contribution in [0.15, 0.2) is 48.7 Å². The topological polar surface area (TPSA) is 151 Å². The van der Waals surface area contributed by atoms with Crippen LogP contribution in [0.2, 0.25) is 0 Å². The zero-order valence-electron chi connectivity index (χ0n) is 17.7. The van der Waals surface area contributed by atoms with Crippen molar-refractivity contribution in [1.29, 1.82) is 0 Å². The summed E-state index contributed by atoms with van der Waals surface area (Å²) in [7, 11) is 1.65. The number of ether oxygens (including phenoxy) is 1. The third-order valence-corrected chi connectivity index (χ3v) is 4.92. The summed E-state index contributed by atoms with van der Waals surface area (Å²) in [4.78, 5) is 31.6. The maximum atomic E-state index is 14.1. The van der Waals surface area contributed by atoms with Gasteiger partial charge in [0.2, 0.25) is 5.91 Å². The highest BCUT2D eigenvalue weighted by molar-refractivity contribution is 5.92. The summed E-state index contributed by atoms with van der Waals surface area (Å²) >= 11 is 0. The van der Waals surface area contributed by atoms with Crippen molar-refractivity contribution >= 4 is 28.5 Å². The van der Waals surface area contributed by atoms with Crippen LogP contribution in [-0.4, -0.2) is 37.6 Å². The molecule has 2 aromatic carbocycles. The monoisotopic (exact) mass is 449 g/mol. The summed E-state index contributed by atoms with van der Waals surface area (Å²) in [5.41, 5.74) is 11.6. The van der Waals surface area contributed by atoms with Crippen molar-refractivity contribution in [2.75, 3.05) is 5.32 Å². The van der Waals surface area contributed by atoms with E-state index in [9.17, 15) is 14.0 Å². The van der Waals surface area contributed by atoms with E-state index < -0.39 is 23.7 Å². The fourth-order valence-electron chi connectivity index (χ4n) is 3.18. The minimum Gasteiger partial charge on any atom is -0.457 e. The fourth-order valence-corrected chi connectivity index (χ4v) is 3.18. The number of hydrogen-bond acceptors (Lipinski definition) is 7. The molecule has 0 saturated carbocycles. The molecule has 0 fully saturated rings. The van der Waals surface area contributed by atoms with Crippen molar-refractivity contribution in [2.45, 2.75) is 13.0 Å². The van der Waals surface area contributed by atoms with E-state index in [0.29, 0.717) is 28.0 Å².